The zero-order chi connectivity index (χ0) is 20.4. The Labute approximate surface area is 173 Å². The Bertz CT molecular complexity index is 1090. The van der Waals surface area contributed by atoms with Crippen LogP contribution in [-0.2, 0) is 20.9 Å². The van der Waals surface area contributed by atoms with Crippen molar-refractivity contribution in [3.63, 3.8) is 0 Å². The summed E-state index contributed by atoms with van der Waals surface area (Å²) in [6, 6.07) is 13.8. The number of thioether (sulfide) groups is 1. The first-order chi connectivity index (χ1) is 14.1. The van der Waals surface area contributed by atoms with Gasteiger partial charge in [-0.05, 0) is 30.2 Å². The summed E-state index contributed by atoms with van der Waals surface area (Å²) in [7, 11) is 3.02. The van der Waals surface area contributed by atoms with E-state index in [0.29, 0.717) is 23.7 Å². The van der Waals surface area contributed by atoms with E-state index in [2.05, 4.69) is 9.55 Å². The predicted octanol–water partition coefficient (Wildman–Crippen LogP) is 4.59. The van der Waals surface area contributed by atoms with Gasteiger partial charge in [-0.25, -0.2) is 9.78 Å². The fourth-order valence-electron chi connectivity index (χ4n) is 3.33. The van der Waals surface area contributed by atoms with E-state index >= 15 is 0 Å². The summed E-state index contributed by atoms with van der Waals surface area (Å²) in [5.74, 6) is 1.05. The molecule has 1 atom stereocenters. The number of carbonyl (C=O) groups excluding carboxylic acids is 1. The smallest absolute Gasteiger partial charge is 0.347 e. The van der Waals surface area contributed by atoms with Gasteiger partial charge in [0.05, 0.1) is 37.0 Å². The minimum absolute atomic E-state index is 0.0330. The van der Waals surface area contributed by atoms with Crippen molar-refractivity contribution in [3.8, 4) is 5.75 Å². The molecule has 0 saturated carbocycles. The van der Waals surface area contributed by atoms with Crippen LogP contribution in [0, 0.1) is 6.92 Å². The topological polar surface area (TPSA) is 62.6 Å². The Hall–Kier alpha value is -2.93. The van der Waals surface area contributed by atoms with Crippen LogP contribution in [0.25, 0.3) is 11.0 Å². The van der Waals surface area contributed by atoms with Crippen LogP contribution in [0.15, 0.2) is 59.5 Å². The Morgan fingerprint density at radius 1 is 1.24 bits per heavy atom. The van der Waals surface area contributed by atoms with Crippen LogP contribution < -0.4 is 4.74 Å². The monoisotopic (exact) mass is 410 g/mol. The third kappa shape index (κ3) is 3.82. The van der Waals surface area contributed by atoms with Crippen LogP contribution in [0.4, 0.5) is 0 Å². The lowest BCUT2D eigenvalue weighted by Gasteiger charge is -2.13. The number of ether oxygens (including phenoxy) is 3. The molecule has 0 spiro atoms. The molecule has 0 saturated heterocycles. The van der Waals surface area contributed by atoms with Gasteiger partial charge in [0.1, 0.15) is 23.0 Å². The van der Waals surface area contributed by atoms with Gasteiger partial charge in [-0.15, -0.1) is 0 Å². The van der Waals surface area contributed by atoms with Crippen molar-refractivity contribution in [2.75, 3.05) is 14.2 Å². The molecular weight excluding hydrogens is 388 g/mol. The lowest BCUT2D eigenvalue weighted by atomic mass is 10.1. The van der Waals surface area contributed by atoms with Crippen molar-refractivity contribution in [1.82, 2.24) is 9.55 Å². The second-order valence-electron chi connectivity index (χ2n) is 6.74. The van der Waals surface area contributed by atoms with E-state index in [0.717, 1.165) is 27.9 Å². The van der Waals surface area contributed by atoms with E-state index in [1.165, 1.54) is 18.9 Å². The Morgan fingerprint density at radius 2 is 2.07 bits per heavy atom. The summed E-state index contributed by atoms with van der Waals surface area (Å²) in [6.07, 6.45) is 2.37. The zero-order valence-electron chi connectivity index (χ0n) is 16.5. The fraction of sp³-hybridized carbons (Fsp3) is 0.273. The number of aryl methyl sites for hydroxylation is 1. The second-order valence-corrected chi connectivity index (χ2v) is 7.93. The average molecular weight is 410 g/mol. The highest BCUT2D eigenvalue weighted by Crippen LogP contribution is 2.46. The number of rotatable bonds is 6. The highest BCUT2D eigenvalue weighted by atomic mass is 32.2. The van der Waals surface area contributed by atoms with Gasteiger partial charge < -0.3 is 18.8 Å². The molecule has 6 nitrogen and oxygen atoms in total. The molecule has 2 heterocycles. The Morgan fingerprint density at radius 3 is 2.83 bits per heavy atom. The molecule has 1 aliphatic heterocycles. The number of imidazole rings is 1. The molecule has 1 unspecified atom stereocenters. The molecular formula is C22H22N2O4S. The SMILES string of the molecule is COC(=O)C1=C(OCc2ccccc2C)CC(n2cnc3cc(OC)ccc32)S1. The molecule has 0 amide bonds. The van der Waals surface area contributed by atoms with Crippen molar-refractivity contribution in [3.05, 3.63) is 70.6 Å². The van der Waals surface area contributed by atoms with Crippen LogP contribution >= 0.6 is 11.8 Å². The summed E-state index contributed by atoms with van der Waals surface area (Å²) >= 11 is 1.45. The second kappa shape index (κ2) is 8.21. The van der Waals surface area contributed by atoms with E-state index in [1.54, 1.807) is 13.4 Å². The van der Waals surface area contributed by atoms with E-state index < -0.39 is 0 Å². The maximum atomic E-state index is 12.3. The third-order valence-corrected chi connectivity index (χ3v) is 6.29. The standard InChI is InChI=1S/C22H22N2O4S/c1-14-6-4-5-7-15(14)12-28-19-11-20(29-21(19)22(25)27-3)24-13-23-17-10-16(26-2)8-9-18(17)24/h4-10,13,20H,11-12H2,1-3H3. The molecule has 0 aliphatic carbocycles. The number of fused-ring (bicyclic) bond motifs is 1. The first-order valence-electron chi connectivity index (χ1n) is 9.26. The van der Waals surface area contributed by atoms with Crippen LogP contribution in [0.1, 0.15) is 22.9 Å². The highest BCUT2D eigenvalue weighted by molar-refractivity contribution is 8.04. The first kappa shape index (κ1) is 19.4. The summed E-state index contributed by atoms with van der Waals surface area (Å²) in [6.45, 7) is 2.46. The molecule has 1 aromatic heterocycles. The predicted molar refractivity (Wildman–Crippen MR) is 113 cm³/mol. The van der Waals surface area contributed by atoms with Gasteiger partial charge in [0.25, 0.3) is 0 Å². The van der Waals surface area contributed by atoms with E-state index in [1.807, 2.05) is 49.4 Å². The third-order valence-electron chi connectivity index (χ3n) is 4.99. The lowest BCUT2D eigenvalue weighted by molar-refractivity contribution is -0.135. The number of carbonyl (C=O) groups is 1. The molecule has 3 aromatic rings. The van der Waals surface area contributed by atoms with Crippen molar-refractivity contribution in [2.45, 2.75) is 25.3 Å². The van der Waals surface area contributed by atoms with Crippen molar-refractivity contribution in [2.24, 2.45) is 0 Å². The van der Waals surface area contributed by atoms with Crippen LogP contribution in [-0.4, -0.2) is 29.7 Å². The minimum atomic E-state index is -0.372. The van der Waals surface area contributed by atoms with Gasteiger partial charge in [0, 0.05) is 12.5 Å². The van der Waals surface area contributed by atoms with Gasteiger partial charge in [0.2, 0.25) is 0 Å². The molecule has 0 N–H and O–H groups in total. The number of hydrogen-bond donors (Lipinski definition) is 0. The number of benzene rings is 2. The van der Waals surface area contributed by atoms with E-state index in [9.17, 15) is 4.79 Å². The van der Waals surface area contributed by atoms with Gasteiger partial charge in [-0.2, -0.15) is 0 Å². The number of allylic oxidation sites excluding steroid dienone is 1. The van der Waals surface area contributed by atoms with Gasteiger partial charge in [0.15, 0.2) is 0 Å². The molecule has 0 fully saturated rings. The quantitative estimate of drug-likeness (QED) is 0.554. The number of nitrogens with zero attached hydrogens (tertiary/aromatic N) is 2. The maximum Gasteiger partial charge on any atom is 0.347 e. The normalized spacial score (nSPS) is 16.3. The summed E-state index contributed by atoms with van der Waals surface area (Å²) in [4.78, 5) is 17.3. The molecule has 29 heavy (non-hydrogen) atoms. The number of aromatic nitrogens is 2. The summed E-state index contributed by atoms with van der Waals surface area (Å²) in [5.41, 5.74) is 4.08. The molecule has 2 aromatic carbocycles. The van der Waals surface area contributed by atoms with E-state index in [4.69, 9.17) is 14.2 Å². The molecule has 1 aliphatic rings. The van der Waals surface area contributed by atoms with Gasteiger partial charge in [-0.1, -0.05) is 36.0 Å². The molecule has 150 valence electrons. The van der Waals surface area contributed by atoms with Crippen molar-refractivity contribution in [1.29, 1.82) is 0 Å². The summed E-state index contributed by atoms with van der Waals surface area (Å²) < 4.78 is 18.4. The number of hydrogen-bond acceptors (Lipinski definition) is 6. The fourth-order valence-corrected chi connectivity index (χ4v) is 4.58. The van der Waals surface area contributed by atoms with E-state index in [-0.39, 0.29) is 11.3 Å². The molecule has 0 bridgehead atoms. The van der Waals surface area contributed by atoms with Gasteiger partial charge >= 0.3 is 5.97 Å². The molecule has 7 heteroatoms. The largest absolute Gasteiger partial charge is 0.497 e. The minimum Gasteiger partial charge on any atom is -0.497 e. The zero-order valence-corrected chi connectivity index (χ0v) is 17.4. The highest BCUT2D eigenvalue weighted by Gasteiger charge is 2.33. The Balaban J connectivity index is 1.58. The number of methoxy groups -OCH3 is 2. The maximum absolute atomic E-state index is 12.3. The first-order valence-corrected chi connectivity index (χ1v) is 10.1. The van der Waals surface area contributed by atoms with Gasteiger partial charge in [-0.3, -0.25) is 0 Å². The van der Waals surface area contributed by atoms with Crippen molar-refractivity contribution >= 4 is 28.8 Å². The average Bonchev–Trinajstić information content (AvgIpc) is 3.36. The van der Waals surface area contributed by atoms with Crippen molar-refractivity contribution < 1.29 is 19.0 Å². The number of esters is 1. The molecule has 4 rings (SSSR count). The lowest BCUT2D eigenvalue weighted by Crippen LogP contribution is -2.04. The summed E-state index contributed by atoms with van der Waals surface area (Å²) in [5, 5.41) is -0.0330. The van der Waals surface area contributed by atoms with Crippen LogP contribution in [0.5, 0.6) is 5.75 Å². The van der Waals surface area contributed by atoms with Crippen LogP contribution in [0.2, 0.25) is 0 Å². The van der Waals surface area contributed by atoms with Crippen LogP contribution in [0.3, 0.4) is 0 Å². The molecule has 0 radical (unpaired) electrons. The Kier molecular flexibility index (Phi) is 5.49.